The van der Waals surface area contributed by atoms with Gasteiger partial charge in [0.25, 0.3) is 0 Å². The van der Waals surface area contributed by atoms with Crippen LogP contribution < -0.4 is 0 Å². The average Bonchev–Trinajstić information content (AvgIpc) is 3.09. The molecule has 1 aliphatic rings. The Morgan fingerprint density at radius 1 is 1.35 bits per heavy atom. The number of nitrogens with zero attached hydrogens (tertiary/aromatic N) is 2. The average molecular weight is 234 g/mol. The van der Waals surface area contributed by atoms with Crippen molar-refractivity contribution >= 4 is 0 Å². The Kier molecular flexibility index (Phi) is 3.50. The van der Waals surface area contributed by atoms with E-state index in [4.69, 9.17) is 9.72 Å². The number of hydrogen-bond donors (Lipinski definition) is 0. The lowest BCUT2D eigenvalue weighted by Gasteiger charge is -2.20. The van der Waals surface area contributed by atoms with Crippen LogP contribution in [0.5, 0.6) is 0 Å². The maximum absolute atomic E-state index is 5.67. The van der Waals surface area contributed by atoms with E-state index in [9.17, 15) is 0 Å². The first-order chi connectivity index (χ1) is 8.11. The van der Waals surface area contributed by atoms with Crippen LogP contribution in [-0.4, -0.2) is 31.1 Å². The third-order valence-corrected chi connectivity index (χ3v) is 3.45. The third-order valence-electron chi connectivity index (χ3n) is 3.45. The van der Waals surface area contributed by atoms with Gasteiger partial charge in [0.1, 0.15) is 0 Å². The van der Waals surface area contributed by atoms with Gasteiger partial charge in [-0.3, -0.25) is 4.98 Å². The van der Waals surface area contributed by atoms with E-state index in [2.05, 4.69) is 38.1 Å². The Balaban J connectivity index is 2.36. The zero-order valence-electron chi connectivity index (χ0n) is 11.3. The van der Waals surface area contributed by atoms with Crippen molar-refractivity contribution in [1.29, 1.82) is 0 Å². The summed E-state index contributed by atoms with van der Waals surface area (Å²) in [6, 6.07) is 4.34. The van der Waals surface area contributed by atoms with Gasteiger partial charge in [0.15, 0.2) is 0 Å². The van der Waals surface area contributed by atoms with E-state index in [1.54, 1.807) is 7.11 Å². The van der Waals surface area contributed by atoms with Crippen molar-refractivity contribution in [2.75, 3.05) is 21.2 Å². The Labute approximate surface area is 104 Å². The van der Waals surface area contributed by atoms with Gasteiger partial charge in [-0.1, -0.05) is 13.0 Å². The molecule has 3 nitrogen and oxygen atoms in total. The van der Waals surface area contributed by atoms with E-state index in [0.717, 1.165) is 31.5 Å². The normalized spacial score (nSPS) is 17.5. The second-order valence-corrected chi connectivity index (χ2v) is 5.09. The van der Waals surface area contributed by atoms with E-state index in [1.165, 1.54) is 11.3 Å². The molecule has 2 rings (SSSR count). The fourth-order valence-electron chi connectivity index (χ4n) is 2.28. The molecular formula is C14H22N2O. The lowest BCUT2D eigenvalue weighted by Crippen LogP contribution is -2.19. The number of pyridine rings is 1. The molecule has 0 N–H and O–H groups in total. The molecule has 1 heterocycles. The number of rotatable bonds is 5. The first-order valence-corrected chi connectivity index (χ1v) is 6.30. The van der Waals surface area contributed by atoms with E-state index < -0.39 is 0 Å². The van der Waals surface area contributed by atoms with Crippen molar-refractivity contribution in [3.63, 3.8) is 0 Å². The minimum absolute atomic E-state index is 0.0371. The maximum Gasteiger partial charge on any atom is 0.0947 e. The van der Waals surface area contributed by atoms with Crippen molar-refractivity contribution in [3.8, 4) is 0 Å². The standard InChI is InChI=1S/C14H22N2O/c1-5-11-6-7-12(14(17-4)8-9-14)13(15-11)10-16(2)3/h6-7H,5,8-10H2,1-4H3. The second kappa shape index (κ2) is 4.75. The molecule has 3 heteroatoms. The molecule has 0 bridgehead atoms. The van der Waals surface area contributed by atoms with Crippen LogP contribution in [0.2, 0.25) is 0 Å². The maximum atomic E-state index is 5.67. The highest BCUT2D eigenvalue weighted by atomic mass is 16.5. The smallest absolute Gasteiger partial charge is 0.0947 e. The number of hydrogen-bond acceptors (Lipinski definition) is 3. The summed E-state index contributed by atoms with van der Waals surface area (Å²) in [5.41, 5.74) is 3.59. The van der Waals surface area contributed by atoms with Crippen LogP contribution in [0, 0.1) is 0 Å². The molecule has 0 spiro atoms. The topological polar surface area (TPSA) is 25.4 Å². The summed E-state index contributed by atoms with van der Waals surface area (Å²) in [5, 5.41) is 0. The van der Waals surface area contributed by atoms with Crippen molar-refractivity contribution in [1.82, 2.24) is 9.88 Å². The quantitative estimate of drug-likeness (QED) is 0.782. The van der Waals surface area contributed by atoms with Crippen molar-refractivity contribution < 1.29 is 4.74 Å². The van der Waals surface area contributed by atoms with Gasteiger partial charge < -0.3 is 9.64 Å². The summed E-state index contributed by atoms with van der Waals surface area (Å²) in [4.78, 5) is 6.93. The molecule has 0 atom stereocenters. The Bertz CT molecular complexity index is 397. The van der Waals surface area contributed by atoms with Gasteiger partial charge in [-0.05, 0) is 39.4 Å². The van der Waals surface area contributed by atoms with E-state index >= 15 is 0 Å². The lowest BCUT2D eigenvalue weighted by molar-refractivity contribution is 0.0771. The summed E-state index contributed by atoms with van der Waals surface area (Å²) in [7, 11) is 5.97. The van der Waals surface area contributed by atoms with Crippen LogP contribution >= 0.6 is 0 Å². The first-order valence-electron chi connectivity index (χ1n) is 6.30. The van der Waals surface area contributed by atoms with Crippen LogP contribution in [0.25, 0.3) is 0 Å². The fraction of sp³-hybridized carbons (Fsp3) is 0.643. The summed E-state index contributed by atoms with van der Waals surface area (Å²) in [6.07, 6.45) is 3.23. The van der Waals surface area contributed by atoms with Gasteiger partial charge in [0.2, 0.25) is 0 Å². The Morgan fingerprint density at radius 3 is 2.53 bits per heavy atom. The van der Waals surface area contributed by atoms with E-state index in [-0.39, 0.29) is 5.60 Å². The highest BCUT2D eigenvalue weighted by molar-refractivity contribution is 5.33. The Hall–Kier alpha value is -0.930. The van der Waals surface area contributed by atoms with E-state index in [0.29, 0.717) is 0 Å². The molecule has 0 amide bonds. The highest BCUT2D eigenvalue weighted by Gasteiger charge is 2.46. The molecular weight excluding hydrogens is 212 g/mol. The van der Waals surface area contributed by atoms with Crippen LogP contribution in [0.3, 0.4) is 0 Å². The monoisotopic (exact) mass is 234 g/mol. The molecule has 1 aromatic heterocycles. The summed E-state index contributed by atoms with van der Waals surface area (Å²) < 4.78 is 5.67. The van der Waals surface area contributed by atoms with Crippen molar-refractivity contribution in [3.05, 3.63) is 29.1 Å². The number of aromatic nitrogens is 1. The molecule has 17 heavy (non-hydrogen) atoms. The van der Waals surface area contributed by atoms with Gasteiger partial charge in [0.05, 0.1) is 11.3 Å². The molecule has 94 valence electrons. The third kappa shape index (κ3) is 2.50. The van der Waals surface area contributed by atoms with Gasteiger partial charge in [-0.25, -0.2) is 0 Å². The SMILES string of the molecule is CCc1ccc(C2(OC)CC2)c(CN(C)C)n1. The van der Waals surface area contributed by atoms with Crippen molar-refractivity contribution in [2.24, 2.45) is 0 Å². The largest absolute Gasteiger partial charge is 0.373 e. The minimum Gasteiger partial charge on any atom is -0.373 e. The predicted octanol–water partition coefficient (Wildman–Crippen LogP) is 2.34. The number of methoxy groups -OCH3 is 1. The Morgan fingerprint density at radius 2 is 2.06 bits per heavy atom. The molecule has 1 saturated carbocycles. The molecule has 0 aromatic carbocycles. The first kappa shape index (κ1) is 12.5. The molecule has 1 aliphatic carbocycles. The molecule has 0 unspecified atom stereocenters. The zero-order chi connectivity index (χ0) is 12.5. The van der Waals surface area contributed by atoms with Crippen molar-refractivity contribution in [2.45, 2.75) is 38.3 Å². The van der Waals surface area contributed by atoms with Gasteiger partial charge >= 0.3 is 0 Å². The van der Waals surface area contributed by atoms with Crippen LogP contribution in [-0.2, 0) is 23.3 Å². The lowest BCUT2D eigenvalue weighted by atomic mass is 10.0. The number of aryl methyl sites for hydroxylation is 1. The summed E-state index contributed by atoms with van der Waals surface area (Å²) >= 11 is 0. The van der Waals surface area contributed by atoms with Crippen LogP contribution in [0.15, 0.2) is 12.1 Å². The molecule has 0 aliphatic heterocycles. The van der Waals surface area contributed by atoms with Gasteiger partial charge in [-0.2, -0.15) is 0 Å². The fourth-order valence-corrected chi connectivity index (χ4v) is 2.28. The minimum atomic E-state index is -0.0371. The summed E-state index contributed by atoms with van der Waals surface area (Å²) in [6.45, 7) is 3.03. The van der Waals surface area contributed by atoms with Gasteiger partial charge in [0, 0.05) is 24.9 Å². The highest BCUT2D eigenvalue weighted by Crippen LogP contribution is 2.49. The summed E-state index contributed by atoms with van der Waals surface area (Å²) in [5.74, 6) is 0. The van der Waals surface area contributed by atoms with Crippen LogP contribution in [0.1, 0.15) is 36.7 Å². The second-order valence-electron chi connectivity index (χ2n) is 5.09. The molecule has 0 saturated heterocycles. The molecule has 0 radical (unpaired) electrons. The predicted molar refractivity (Wildman–Crippen MR) is 68.9 cm³/mol. The number of ether oxygens (including phenoxy) is 1. The van der Waals surface area contributed by atoms with E-state index in [1.807, 2.05) is 0 Å². The molecule has 1 aromatic rings. The molecule has 1 fully saturated rings. The van der Waals surface area contributed by atoms with Crippen LogP contribution in [0.4, 0.5) is 0 Å². The van der Waals surface area contributed by atoms with Gasteiger partial charge in [-0.15, -0.1) is 0 Å². The zero-order valence-corrected chi connectivity index (χ0v) is 11.3.